The number of amides is 1. The van der Waals surface area contributed by atoms with E-state index in [1.165, 1.54) is 7.11 Å². The largest absolute Gasteiger partial charge is 0.453 e. The van der Waals surface area contributed by atoms with Crippen molar-refractivity contribution in [2.75, 3.05) is 33.3 Å². The third-order valence-corrected chi connectivity index (χ3v) is 2.55. The van der Waals surface area contributed by atoms with Crippen LogP contribution in [0.3, 0.4) is 0 Å². The van der Waals surface area contributed by atoms with Gasteiger partial charge >= 0.3 is 6.09 Å². The monoisotopic (exact) mass is 227 g/mol. The maximum atomic E-state index is 11.3. The normalized spacial score (nSPS) is 16.2. The van der Waals surface area contributed by atoms with Gasteiger partial charge in [0.25, 0.3) is 0 Å². The smallest absolute Gasteiger partial charge is 0.409 e. The minimum Gasteiger partial charge on any atom is -0.453 e. The second-order valence-corrected chi connectivity index (χ2v) is 4.19. The van der Waals surface area contributed by atoms with Crippen LogP contribution in [-0.2, 0) is 4.74 Å². The molecule has 1 saturated heterocycles. The van der Waals surface area contributed by atoms with Crippen molar-refractivity contribution in [2.45, 2.75) is 19.9 Å². The number of rotatable bonds is 3. The van der Waals surface area contributed by atoms with E-state index in [0.717, 1.165) is 18.9 Å². The zero-order chi connectivity index (χ0) is 12.1. The SMILES string of the molecule is C=C(NC(C)C)N1CCN(C(=O)OC)CC1. The fourth-order valence-corrected chi connectivity index (χ4v) is 1.71. The molecule has 16 heavy (non-hydrogen) atoms. The third-order valence-electron chi connectivity index (χ3n) is 2.55. The van der Waals surface area contributed by atoms with E-state index < -0.39 is 0 Å². The highest BCUT2D eigenvalue weighted by atomic mass is 16.5. The first-order valence-electron chi connectivity index (χ1n) is 5.58. The van der Waals surface area contributed by atoms with Crippen molar-refractivity contribution < 1.29 is 9.53 Å². The van der Waals surface area contributed by atoms with Gasteiger partial charge in [-0.3, -0.25) is 0 Å². The number of nitrogens with zero attached hydrogens (tertiary/aromatic N) is 2. The van der Waals surface area contributed by atoms with Gasteiger partial charge in [-0.1, -0.05) is 6.58 Å². The molecule has 0 atom stereocenters. The predicted octanol–water partition coefficient (Wildman–Crippen LogP) is 0.840. The summed E-state index contributed by atoms with van der Waals surface area (Å²) in [4.78, 5) is 15.1. The Morgan fingerprint density at radius 3 is 2.19 bits per heavy atom. The van der Waals surface area contributed by atoms with Crippen LogP contribution in [0.25, 0.3) is 0 Å². The van der Waals surface area contributed by atoms with Crippen LogP contribution in [0.2, 0.25) is 0 Å². The molecule has 0 unspecified atom stereocenters. The van der Waals surface area contributed by atoms with E-state index in [1.807, 2.05) is 0 Å². The number of carbonyl (C=O) groups is 1. The summed E-state index contributed by atoms with van der Waals surface area (Å²) >= 11 is 0. The van der Waals surface area contributed by atoms with E-state index in [4.69, 9.17) is 0 Å². The average Bonchev–Trinajstić information content (AvgIpc) is 2.27. The summed E-state index contributed by atoms with van der Waals surface area (Å²) in [6.07, 6.45) is -0.248. The van der Waals surface area contributed by atoms with Crippen LogP contribution in [0.4, 0.5) is 4.79 Å². The molecule has 1 N–H and O–H groups in total. The van der Waals surface area contributed by atoms with Crippen LogP contribution in [0, 0.1) is 0 Å². The Kier molecular flexibility index (Phi) is 4.46. The molecule has 1 heterocycles. The highest BCUT2D eigenvalue weighted by Crippen LogP contribution is 2.07. The minimum absolute atomic E-state index is 0.248. The molecule has 1 rings (SSSR count). The second kappa shape index (κ2) is 5.63. The fraction of sp³-hybridized carbons (Fsp3) is 0.727. The maximum absolute atomic E-state index is 11.3. The first kappa shape index (κ1) is 12.7. The van der Waals surface area contributed by atoms with Gasteiger partial charge in [0.15, 0.2) is 0 Å². The van der Waals surface area contributed by atoms with Crippen molar-refractivity contribution >= 4 is 6.09 Å². The van der Waals surface area contributed by atoms with Gasteiger partial charge in [0.2, 0.25) is 0 Å². The van der Waals surface area contributed by atoms with E-state index in [2.05, 4.69) is 35.4 Å². The number of methoxy groups -OCH3 is 1. The Balaban J connectivity index is 2.37. The van der Waals surface area contributed by atoms with Gasteiger partial charge in [0.1, 0.15) is 0 Å². The zero-order valence-corrected chi connectivity index (χ0v) is 10.3. The van der Waals surface area contributed by atoms with Gasteiger partial charge in [-0.15, -0.1) is 0 Å². The van der Waals surface area contributed by atoms with Gasteiger partial charge in [0.05, 0.1) is 12.9 Å². The van der Waals surface area contributed by atoms with Gasteiger partial charge in [0, 0.05) is 32.2 Å². The number of ether oxygens (including phenoxy) is 1. The Morgan fingerprint density at radius 2 is 1.75 bits per heavy atom. The Morgan fingerprint density at radius 1 is 1.25 bits per heavy atom. The lowest BCUT2D eigenvalue weighted by Crippen LogP contribution is -2.50. The molecule has 0 aromatic heterocycles. The number of carbonyl (C=O) groups excluding carboxylic acids is 1. The average molecular weight is 227 g/mol. The lowest BCUT2D eigenvalue weighted by molar-refractivity contribution is 0.0977. The lowest BCUT2D eigenvalue weighted by Gasteiger charge is -2.36. The van der Waals surface area contributed by atoms with Gasteiger partial charge in [-0.05, 0) is 13.8 Å². The predicted molar refractivity (Wildman–Crippen MR) is 63.0 cm³/mol. The minimum atomic E-state index is -0.248. The molecule has 1 amide bonds. The van der Waals surface area contributed by atoms with E-state index in [1.54, 1.807) is 4.90 Å². The van der Waals surface area contributed by atoms with Crippen LogP contribution >= 0.6 is 0 Å². The standard InChI is InChI=1S/C11H21N3O2/c1-9(2)12-10(3)13-5-7-14(8-6-13)11(15)16-4/h9,12H,3,5-8H2,1-2,4H3. The molecule has 92 valence electrons. The van der Waals surface area contributed by atoms with Crippen LogP contribution in [-0.4, -0.2) is 55.2 Å². The molecular weight excluding hydrogens is 206 g/mol. The summed E-state index contributed by atoms with van der Waals surface area (Å²) in [6, 6.07) is 0.381. The zero-order valence-electron chi connectivity index (χ0n) is 10.3. The molecule has 0 bridgehead atoms. The second-order valence-electron chi connectivity index (χ2n) is 4.19. The van der Waals surface area contributed by atoms with E-state index in [0.29, 0.717) is 19.1 Å². The molecule has 5 nitrogen and oxygen atoms in total. The first-order valence-corrected chi connectivity index (χ1v) is 5.58. The van der Waals surface area contributed by atoms with Crippen molar-refractivity contribution in [3.05, 3.63) is 12.4 Å². The molecule has 1 fully saturated rings. The van der Waals surface area contributed by atoms with Crippen LogP contribution in [0.5, 0.6) is 0 Å². The topological polar surface area (TPSA) is 44.8 Å². The third kappa shape index (κ3) is 3.32. The molecule has 0 aliphatic carbocycles. The van der Waals surface area contributed by atoms with Crippen LogP contribution in [0.1, 0.15) is 13.8 Å². The van der Waals surface area contributed by atoms with E-state index >= 15 is 0 Å². The summed E-state index contributed by atoms with van der Waals surface area (Å²) in [5.41, 5.74) is 0. The molecule has 1 aliphatic heterocycles. The Hall–Kier alpha value is -1.39. The number of hydrogen-bond acceptors (Lipinski definition) is 4. The van der Waals surface area contributed by atoms with Crippen molar-refractivity contribution in [2.24, 2.45) is 0 Å². The highest BCUT2D eigenvalue weighted by Gasteiger charge is 2.22. The summed E-state index contributed by atoms with van der Waals surface area (Å²) in [7, 11) is 1.41. The van der Waals surface area contributed by atoms with Crippen molar-refractivity contribution in [1.29, 1.82) is 0 Å². The van der Waals surface area contributed by atoms with Gasteiger partial charge in [-0.2, -0.15) is 0 Å². The summed E-state index contributed by atoms with van der Waals surface area (Å²) in [5.74, 6) is 0.930. The van der Waals surface area contributed by atoms with E-state index in [9.17, 15) is 4.79 Å². The molecule has 1 aliphatic rings. The Labute approximate surface area is 97.0 Å². The summed E-state index contributed by atoms with van der Waals surface area (Å²) < 4.78 is 4.68. The fourth-order valence-electron chi connectivity index (χ4n) is 1.71. The van der Waals surface area contributed by atoms with Gasteiger partial charge in [-0.25, -0.2) is 4.79 Å². The number of piperazine rings is 1. The lowest BCUT2D eigenvalue weighted by atomic mass is 10.3. The van der Waals surface area contributed by atoms with E-state index in [-0.39, 0.29) is 6.09 Å². The molecule has 0 aromatic rings. The molecule has 0 radical (unpaired) electrons. The quantitative estimate of drug-likeness (QED) is 0.776. The molecule has 0 saturated carbocycles. The summed E-state index contributed by atoms with van der Waals surface area (Å²) in [5, 5.41) is 3.27. The van der Waals surface area contributed by atoms with Crippen molar-refractivity contribution in [3.8, 4) is 0 Å². The molecule has 0 spiro atoms. The van der Waals surface area contributed by atoms with Gasteiger partial charge < -0.3 is 19.9 Å². The first-order chi connectivity index (χ1) is 7.54. The summed E-state index contributed by atoms with van der Waals surface area (Å²) in [6.45, 7) is 11.1. The van der Waals surface area contributed by atoms with Crippen molar-refractivity contribution in [3.63, 3.8) is 0 Å². The molecule has 5 heteroatoms. The van der Waals surface area contributed by atoms with Crippen LogP contribution < -0.4 is 5.32 Å². The van der Waals surface area contributed by atoms with Crippen molar-refractivity contribution in [1.82, 2.24) is 15.1 Å². The molecule has 0 aromatic carbocycles. The highest BCUT2D eigenvalue weighted by molar-refractivity contribution is 5.67. The Bertz CT molecular complexity index is 258. The number of nitrogens with one attached hydrogen (secondary N) is 1. The number of hydrogen-bond donors (Lipinski definition) is 1. The van der Waals surface area contributed by atoms with Crippen LogP contribution in [0.15, 0.2) is 12.4 Å². The molecular formula is C11H21N3O2. The maximum Gasteiger partial charge on any atom is 0.409 e.